The number of nitrogens with two attached hydrogens (primary N) is 1. The van der Waals surface area contributed by atoms with Crippen LogP contribution in [-0.2, 0) is 17.7 Å². The van der Waals surface area contributed by atoms with Crippen LogP contribution in [0.3, 0.4) is 0 Å². The SMILES string of the molecule is COC(=O)c1ccnc(N2CCc3ccc(N)cc3C2)c1. The van der Waals surface area contributed by atoms with Gasteiger partial charge in [0.1, 0.15) is 5.82 Å². The molecule has 2 aromatic rings. The number of ether oxygens (including phenoxy) is 1. The van der Waals surface area contributed by atoms with Gasteiger partial charge in [0.25, 0.3) is 0 Å². The summed E-state index contributed by atoms with van der Waals surface area (Å²) in [6.45, 7) is 1.62. The number of pyridine rings is 1. The predicted molar refractivity (Wildman–Crippen MR) is 81.2 cm³/mol. The first kappa shape index (κ1) is 13.4. The van der Waals surface area contributed by atoms with E-state index in [1.165, 1.54) is 18.2 Å². The van der Waals surface area contributed by atoms with Crippen LogP contribution in [0.25, 0.3) is 0 Å². The van der Waals surface area contributed by atoms with Gasteiger partial charge in [0.05, 0.1) is 12.7 Å². The lowest BCUT2D eigenvalue weighted by molar-refractivity contribution is 0.0600. The molecule has 0 aliphatic carbocycles. The van der Waals surface area contributed by atoms with Gasteiger partial charge in [-0.25, -0.2) is 9.78 Å². The highest BCUT2D eigenvalue weighted by Gasteiger charge is 2.18. The molecular formula is C16H17N3O2. The molecule has 2 N–H and O–H groups in total. The molecule has 0 atom stereocenters. The lowest BCUT2D eigenvalue weighted by Gasteiger charge is -2.30. The van der Waals surface area contributed by atoms with E-state index in [1.807, 2.05) is 12.1 Å². The number of methoxy groups -OCH3 is 1. The average molecular weight is 283 g/mol. The molecule has 21 heavy (non-hydrogen) atoms. The van der Waals surface area contributed by atoms with Crippen LogP contribution in [0.4, 0.5) is 11.5 Å². The molecule has 0 saturated carbocycles. The van der Waals surface area contributed by atoms with Gasteiger partial charge in [-0.2, -0.15) is 0 Å². The van der Waals surface area contributed by atoms with E-state index >= 15 is 0 Å². The smallest absolute Gasteiger partial charge is 0.338 e. The van der Waals surface area contributed by atoms with Crippen molar-refractivity contribution in [1.29, 1.82) is 0 Å². The Labute approximate surface area is 123 Å². The highest BCUT2D eigenvalue weighted by Crippen LogP contribution is 2.25. The second kappa shape index (κ2) is 5.44. The standard InChI is InChI=1S/C16H17N3O2/c1-21-16(20)12-4-6-18-15(9-12)19-7-5-11-2-3-14(17)8-13(11)10-19/h2-4,6,8-9H,5,7,10,17H2,1H3. The zero-order chi connectivity index (χ0) is 14.8. The molecule has 0 radical (unpaired) electrons. The molecule has 0 saturated heterocycles. The molecule has 1 aliphatic heterocycles. The number of esters is 1. The van der Waals surface area contributed by atoms with Crippen molar-refractivity contribution in [2.24, 2.45) is 0 Å². The third-order valence-electron chi connectivity index (χ3n) is 3.73. The van der Waals surface area contributed by atoms with E-state index in [-0.39, 0.29) is 5.97 Å². The minimum Gasteiger partial charge on any atom is -0.465 e. The Morgan fingerprint density at radius 2 is 2.14 bits per heavy atom. The molecular weight excluding hydrogens is 266 g/mol. The van der Waals surface area contributed by atoms with Crippen molar-refractivity contribution in [3.05, 3.63) is 53.2 Å². The summed E-state index contributed by atoms with van der Waals surface area (Å²) in [5.74, 6) is 0.436. The van der Waals surface area contributed by atoms with Gasteiger partial charge >= 0.3 is 5.97 Å². The third kappa shape index (κ3) is 2.67. The van der Waals surface area contributed by atoms with Crippen molar-refractivity contribution in [2.45, 2.75) is 13.0 Å². The van der Waals surface area contributed by atoms with Gasteiger partial charge in [0, 0.05) is 25.0 Å². The average Bonchev–Trinajstić information content (AvgIpc) is 2.53. The minimum absolute atomic E-state index is 0.347. The first-order chi connectivity index (χ1) is 10.2. The number of hydrogen-bond donors (Lipinski definition) is 1. The number of benzene rings is 1. The fourth-order valence-corrected chi connectivity index (χ4v) is 2.61. The molecule has 1 aromatic carbocycles. The van der Waals surface area contributed by atoms with Crippen LogP contribution in [0.1, 0.15) is 21.5 Å². The number of rotatable bonds is 2. The second-order valence-electron chi connectivity index (χ2n) is 5.09. The van der Waals surface area contributed by atoms with Crippen molar-refractivity contribution in [1.82, 2.24) is 4.98 Å². The van der Waals surface area contributed by atoms with E-state index in [1.54, 1.807) is 18.3 Å². The Kier molecular flexibility index (Phi) is 3.48. The fraction of sp³-hybridized carbons (Fsp3) is 0.250. The van der Waals surface area contributed by atoms with E-state index in [2.05, 4.69) is 16.0 Å². The van der Waals surface area contributed by atoms with Crippen molar-refractivity contribution in [3.8, 4) is 0 Å². The van der Waals surface area contributed by atoms with Gasteiger partial charge in [0.15, 0.2) is 0 Å². The van der Waals surface area contributed by atoms with Crippen molar-refractivity contribution < 1.29 is 9.53 Å². The number of aromatic nitrogens is 1. The van der Waals surface area contributed by atoms with Crippen molar-refractivity contribution in [3.63, 3.8) is 0 Å². The molecule has 0 unspecified atom stereocenters. The number of hydrogen-bond acceptors (Lipinski definition) is 5. The van der Waals surface area contributed by atoms with Crippen LogP contribution in [0.15, 0.2) is 36.5 Å². The van der Waals surface area contributed by atoms with Crippen molar-refractivity contribution in [2.75, 3.05) is 24.3 Å². The van der Waals surface area contributed by atoms with Crippen LogP contribution < -0.4 is 10.6 Å². The maximum absolute atomic E-state index is 11.6. The molecule has 2 heterocycles. The monoisotopic (exact) mass is 283 g/mol. The lowest BCUT2D eigenvalue weighted by Crippen LogP contribution is -2.31. The topological polar surface area (TPSA) is 68.5 Å². The van der Waals surface area contributed by atoms with E-state index in [0.29, 0.717) is 5.56 Å². The number of anilines is 2. The Hall–Kier alpha value is -2.56. The summed E-state index contributed by atoms with van der Waals surface area (Å²) in [6, 6.07) is 9.45. The largest absolute Gasteiger partial charge is 0.465 e. The molecule has 108 valence electrons. The van der Waals surface area contributed by atoms with Crippen LogP contribution in [-0.4, -0.2) is 24.6 Å². The number of carbonyl (C=O) groups is 1. The van der Waals surface area contributed by atoms with Gasteiger partial charge in [-0.1, -0.05) is 6.07 Å². The maximum Gasteiger partial charge on any atom is 0.338 e. The first-order valence-corrected chi connectivity index (χ1v) is 6.84. The molecule has 0 spiro atoms. The van der Waals surface area contributed by atoms with E-state index in [4.69, 9.17) is 10.5 Å². The zero-order valence-corrected chi connectivity index (χ0v) is 11.9. The Balaban J connectivity index is 1.87. The number of carbonyl (C=O) groups excluding carboxylic acids is 1. The van der Waals surface area contributed by atoms with Crippen LogP contribution >= 0.6 is 0 Å². The van der Waals surface area contributed by atoms with E-state index in [9.17, 15) is 4.79 Å². The summed E-state index contributed by atoms with van der Waals surface area (Å²) in [7, 11) is 1.38. The summed E-state index contributed by atoms with van der Waals surface area (Å²) in [4.78, 5) is 18.1. The fourth-order valence-electron chi connectivity index (χ4n) is 2.61. The Bertz CT molecular complexity index is 685. The quantitative estimate of drug-likeness (QED) is 0.674. The van der Waals surface area contributed by atoms with Crippen LogP contribution in [0.2, 0.25) is 0 Å². The predicted octanol–water partition coefficient (Wildman–Crippen LogP) is 2.01. The summed E-state index contributed by atoms with van der Waals surface area (Å²) >= 11 is 0. The summed E-state index contributed by atoms with van der Waals surface area (Å²) in [5.41, 5.74) is 9.68. The van der Waals surface area contributed by atoms with E-state index < -0.39 is 0 Å². The molecule has 3 rings (SSSR count). The summed E-state index contributed by atoms with van der Waals surface area (Å²) < 4.78 is 4.75. The molecule has 0 fully saturated rings. The van der Waals surface area contributed by atoms with Gasteiger partial charge in [0.2, 0.25) is 0 Å². The Morgan fingerprint density at radius 3 is 2.95 bits per heavy atom. The normalized spacial score (nSPS) is 13.7. The number of nitrogens with zero attached hydrogens (tertiary/aromatic N) is 2. The molecule has 5 heteroatoms. The van der Waals surface area contributed by atoms with Gasteiger partial charge in [-0.3, -0.25) is 0 Å². The molecule has 0 bridgehead atoms. The number of fused-ring (bicyclic) bond motifs is 1. The van der Waals surface area contributed by atoms with Crippen LogP contribution in [0, 0.1) is 0 Å². The van der Waals surface area contributed by atoms with Gasteiger partial charge in [-0.05, 0) is 41.8 Å². The second-order valence-corrected chi connectivity index (χ2v) is 5.09. The van der Waals surface area contributed by atoms with Crippen LogP contribution in [0.5, 0.6) is 0 Å². The maximum atomic E-state index is 11.6. The summed E-state index contributed by atoms with van der Waals surface area (Å²) in [6.07, 6.45) is 2.58. The number of nitrogen functional groups attached to an aromatic ring is 1. The summed E-state index contributed by atoms with van der Waals surface area (Å²) in [5, 5.41) is 0. The molecule has 0 amide bonds. The molecule has 5 nitrogen and oxygen atoms in total. The third-order valence-corrected chi connectivity index (χ3v) is 3.73. The first-order valence-electron chi connectivity index (χ1n) is 6.84. The molecule has 1 aromatic heterocycles. The minimum atomic E-state index is -0.347. The van der Waals surface area contributed by atoms with Crippen molar-refractivity contribution >= 4 is 17.5 Å². The lowest BCUT2D eigenvalue weighted by atomic mass is 9.99. The molecule has 1 aliphatic rings. The highest BCUT2D eigenvalue weighted by molar-refractivity contribution is 5.90. The van der Waals surface area contributed by atoms with Gasteiger partial charge in [-0.15, -0.1) is 0 Å². The van der Waals surface area contributed by atoms with Gasteiger partial charge < -0.3 is 15.4 Å². The highest BCUT2D eigenvalue weighted by atomic mass is 16.5. The Morgan fingerprint density at radius 1 is 1.29 bits per heavy atom. The van der Waals surface area contributed by atoms with E-state index in [0.717, 1.165) is 31.0 Å². The zero-order valence-electron chi connectivity index (χ0n) is 11.9.